The SMILES string of the molecule is O=[N+]([O-])c1cc(Br)c(Cl)cc1-n1cccc1. The molecular weight excluding hydrogens is 295 g/mol. The highest BCUT2D eigenvalue weighted by atomic mass is 79.9. The predicted molar refractivity (Wildman–Crippen MR) is 65.1 cm³/mol. The van der Waals surface area contributed by atoms with Crippen LogP contribution < -0.4 is 0 Å². The van der Waals surface area contributed by atoms with Gasteiger partial charge in [0, 0.05) is 22.9 Å². The second-order valence-corrected chi connectivity index (χ2v) is 4.36. The summed E-state index contributed by atoms with van der Waals surface area (Å²) in [6.45, 7) is 0. The van der Waals surface area contributed by atoms with Crippen molar-refractivity contribution in [1.29, 1.82) is 0 Å². The van der Waals surface area contributed by atoms with Crippen LogP contribution in [0.5, 0.6) is 0 Å². The van der Waals surface area contributed by atoms with Crippen LogP contribution >= 0.6 is 27.5 Å². The van der Waals surface area contributed by atoms with Crippen molar-refractivity contribution in [2.24, 2.45) is 0 Å². The maximum atomic E-state index is 10.9. The Labute approximate surface area is 105 Å². The van der Waals surface area contributed by atoms with Crippen molar-refractivity contribution < 1.29 is 4.92 Å². The summed E-state index contributed by atoms with van der Waals surface area (Å²) in [5, 5.41) is 11.3. The second-order valence-electron chi connectivity index (χ2n) is 3.10. The van der Waals surface area contributed by atoms with Crippen LogP contribution in [-0.2, 0) is 0 Å². The fraction of sp³-hybridized carbons (Fsp3) is 0. The largest absolute Gasteiger partial charge is 0.318 e. The third kappa shape index (κ3) is 1.96. The van der Waals surface area contributed by atoms with Gasteiger partial charge in [-0.15, -0.1) is 0 Å². The number of aromatic nitrogens is 1. The van der Waals surface area contributed by atoms with Crippen molar-refractivity contribution in [2.75, 3.05) is 0 Å². The Balaban J connectivity index is 2.68. The normalized spacial score (nSPS) is 10.4. The fourth-order valence-corrected chi connectivity index (χ4v) is 1.86. The van der Waals surface area contributed by atoms with E-state index in [1.807, 2.05) is 0 Å². The first-order chi connectivity index (χ1) is 7.59. The van der Waals surface area contributed by atoms with Gasteiger partial charge in [0.15, 0.2) is 0 Å². The van der Waals surface area contributed by atoms with Crippen molar-refractivity contribution in [3.8, 4) is 5.69 Å². The van der Waals surface area contributed by atoms with Crippen molar-refractivity contribution >= 4 is 33.2 Å². The molecule has 16 heavy (non-hydrogen) atoms. The molecule has 0 spiro atoms. The smallest absolute Gasteiger partial charge is 0.294 e. The quantitative estimate of drug-likeness (QED) is 0.625. The minimum Gasteiger partial charge on any atom is -0.318 e. The van der Waals surface area contributed by atoms with E-state index in [9.17, 15) is 10.1 Å². The molecule has 1 aromatic carbocycles. The summed E-state index contributed by atoms with van der Waals surface area (Å²) in [4.78, 5) is 10.5. The van der Waals surface area contributed by atoms with Gasteiger partial charge in [-0.25, -0.2) is 0 Å². The second kappa shape index (κ2) is 4.27. The molecule has 0 aliphatic rings. The molecule has 1 aromatic heterocycles. The zero-order valence-corrected chi connectivity index (χ0v) is 10.3. The van der Waals surface area contributed by atoms with E-state index in [4.69, 9.17) is 11.6 Å². The van der Waals surface area contributed by atoms with E-state index in [0.29, 0.717) is 15.2 Å². The maximum Gasteiger partial charge on any atom is 0.294 e. The minimum atomic E-state index is -0.434. The summed E-state index contributed by atoms with van der Waals surface area (Å²) in [6.07, 6.45) is 3.46. The number of halogens is 2. The van der Waals surface area contributed by atoms with Crippen LogP contribution in [-0.4, -0.2) is 9.49 Å². The van der Waals surface area contributed by atoms with Crippen LogP contribution in [0.15, 0.2) is 41.1 Å². The first-order valence-corrected chi connectivity index (χ1v) is 5.53. The van der Waals surface area contributed by atoms with Crippen molar-refractivity contribution in [1.82, 2.24) is 4.57 Å². The lowest BCUT2D eigenvalue weighted by Gasteiger charge is -2.06. The number of rotatable bonds is 2. The van der Waals surface area contributed by atoms with E-state index < -0.39 is 4.92 Å². The lowest BCUT2D eigenvalue weighted by Crippen LogP contribution is -1.98. The molecule has 82 valence electrons. The molecule has 4 nitrogen and oxygen atoms in total. The molecule has 2 rings (SSSR count). The van der Waals surface area contributed by atoms with Crippen LogP contribution in [0.2, 0.25) is 5.02 Å². The molecule has 0 aliphatic carbocycles. The molecular formula is C10H6BrClN2O2. The molecule has 0 aliphatic heterocycles. The van der Waals surface area contributed by atoms with Crippen molar-refractivity contribution in [3.63, 3.8) is 0 Å². The van der Waals surface area contributed by atoms with E-state index >= 15 is 0 Å². The van der Waals surface area contributed by atoms with Gasteiger partial charge >= 0.3 is 0 Å². The molecule has 0 bridgehead atoms. The van der Waals surface area contributed by atoms with Gasteiger partial charge in [0.2, 0.25) is 0 Å². The van der Waals surface area contributed by atoms with Gasteiger partial charge in [0.25, 0.3) is 5.69 Å². The Morgan fingerprint density at radius 3 is 2.50 bits per heavy atom. The van der Waals surface area contributed by atoms with Crippen LogP contribution in [0.4, 0.5) is 5.69 Å². The molecule has 0 amide bonds. The van der Waals surface area contributed by atoms with Gasteiger partial charge in [-0.1, -0.05) is 11.6 Å². The van der Waals surface area contributed by atoms with Crippen LogP contribution in [0.1, 0.15) is 0 Å². The van der Waals surface area contributed by atoms with E-state index in [1.165, 1.54) is 6.07 Å². The van der Waals surface area contributed by atoms with E-state index in [2.05, 4.69) is 15.9 Å². The fourth-order valence-electron chi connectivity index (χ4n) is 1.37. The lowest BCUT2D eigenvalue weighted by atomic mass is 10.2. The first-order valence-electron chi connectivity index (χ1n) is 4.36. The summed E-state index contributed by atoms with van der Waals surface area (Å²) in [6, 6.07) is 6.54. The standard InChI is InChI=1S/C10H6BrClN2O2/c11-7-5-10(14(15)16)9(6-8(7)12)13-3-1-2-4-13/h1-6H. The molecule has 0 unspecified atom stereocenters. The summed E-state index contributed by atoms with van der Waals surface area (Å²) in [7, 11) is 0. The van der Waals surface area contributed by atoms with Crippen LogP contribution in [0.3, 0.4) is 0 Å². The molecule has 0 radical (unpaired) electrons. The number of hydrogen-bond acceptors (Lipinski definition) is 2. The highest BCUT2D eigenvalue weighted by Gasteiger charge is 2.17. The highest BCUT2D eigenvalue weighted by Crippen LogP contribution is 2.32. The number of benzene rings is 1. The van der Waals surface area contributed by atoms with E-state index in [0.717, 1.165) is 0 Å². The van der Waals surface area contributed by atoms with E-state index in [1.54, 1.807) is 35.2 Å². The molecule has 0 saturated carbocycles. The molecule has 6 heteroatoms. The highest BCUT2D eigenvalue weighted by molar-refractivity contribution is 9.10. The Morgan fingerprint density at radius 2 is 1.94 bits per heavy atom. The molecule has 0 atom stereocenters. The third-order valence-corrected chi connectivity index (χ3v) is 3.29. The topological polar surface area (TPSA) is 48.1 Å². The Hall–Kier alpha value is -1.33. The Kier molecular flexibility index (Phi) is 2.98. The summed E-state index contributed by atoms with van der Waals surface area (Å²) in [5.41, 5.74) is 0.454. The summed E-state index contributed by atoms with van der Waals surface area (Å²) in [5.74, 6) is 0. The summed E-state index contributed by atoms with van der Waals surface area (Å²) < 4.78 is 2.16. The molecule has 0 saturated heterocycles. The lowest BCUT2D eigenvalue weighted by molar-refractivity contribution is -0.384. The average molecular weight is 302 g/mol. The van der Waals surface area contributed by atoms with Crippen LogP contribution in [0.25, 0.3) is 5.69 Å². The minimum absolute atomic E-state index is 0.00692. The summed E-state index contributed by atoms with van der Waals surface area (Å²) >= 11 is 9.09. The number of hydrogen-bond donors (Lipinski definition) is 0. The first kappa shape index (κ1) is 11.2. The van der Waals surface area contributed by atoms with Crippen LogP contribution in [0, 0.1) is 10.1 Å². The third-order valence-electron chi connectivity index (χ3n) is 2.10. The molecule has 0 fully saturated rings. The molecule has 1 heterocycles. The number of nitro groups is 1. The van der Waals surface area contributed by atoms with Gasteiger partial charge in [-0.05, 0) is 34.1 Å². The number of nitro benzene ring substituents is 1. The van der Waals surface area contributed by atoms with Gasteiger partial charge in [-0.2, -0.15) is 0 Å². The van der Waals surface area contributed by atoms with Crippen molar-refractivity contribution in [3.05, 3.63) is 56.3 Å². The Morgan fingerprint density at radius 1 is 1.31 bits per heavy atom. The van der Waals surface area contributed by atoms with Gasteiger partial charge < -0.3 is 4.57 Å². The predicted octanol–water partition coefficient (Wildman–Crippen LogP) is 3.80. The molecule has 0 N–H and O–H groups in total. The maximum absolute atomic E-state index is 10.9. The number of nitrogens with zero attached hydrogens (tertiary/aromatic N) is 2. The Bertz CT molecular complexity index is 540. The van der Waals surface area contributed by atoms with Gasteiger partial charge in [0.1, 0.15) is 5.69 Å². The van der Waals surface area contributed by atoms with E-state index in [-0.39, 0.29) is 5.69 Å². The van der Waals surface area contributed by atoms with Crippen molar-refractivity contribution in [2.45, 2.75) is 0 Å². The van der Waals surface area contributed by atoms with Gasteiger partial charge in [0.05, 0.1) is 9.95 Å². The molecule has 2 aromatic rings. The average Bonchev–Trinajstić information content (AvgIpc) is 2.74. The zero-order chi connectivity index (χ0) is 11.7. The van der Waals surface area contributed by atoms with Gasteiger partial charge in [-0.3, -0.25) is 10.1 Å². The zero-order valence-electron chi connectivity index (χ0n) is 7.93. The monoisotopic (exact) mass is 300 g/mol.